The van der Waals surface area contributed by atoms with Crippen LogP contribution in [0.25, 0.3) is 10.2 Å². The van der Waals surface area contributed by atoms with Crippen LogP contribution < -0.4 is 4.80 Å². The first-order valence-corrected chi connectivity index (χ1v) is 12.7. The van der Waals surface area contributed by atoms with Crippen molar-refractivity contribution < 1.29 is 13.2 Å². The molecule has 164 valence electrons. The van der Waals surface area contributed by atoms with Gasteiger partial charge in [0.15, 0.2) is 4.80 Å². The summed E-state index contributed by atoms with van der Waals surface area (Å²) in [5, 5.41) is 0.669. The number of piperidine rings is 1. The van der Waals surface area contributed by atoms with Crippen LogP contribution in [0, 0.1) is 19.8 Å². The maximum Gasteiger partial charge on any atom is 0.252 e. The van der Waals surface area contributed by atoms with Gasteiger partial charge < -0.3 is 4.57 Å². The SMILES string of the molecule is Cc1ccc(S(=O)(=O)N2CCCC(C(=O)N=c3sc4ccc(Cl)c(C)c4n3C)C2)cc1. The first-order valence-electron chi connectivity index (χ1n) is 10.1. The molecular weight excluding hydrogens is 454 g/mol. The molecule has 1 unspecified atom stereocenters. The van der Waals surface area contributed by atoms with Crippen molar-refractivity contribution in [1.29, 1.82) is 0 Å². The lowest BCUT2D eigenvalue weighted by Gasteiger charge is -2.30. The van der Waals surface area contributed by atoms with E-state index in [9.17, 15) is 13.2 Å². The van der Waals surface area contributed by atoms with E-state index < -0.39 is 15.9 Å². The van der Waals surface area contributed by atoms with Crippen LogP contribution in [0.4, 0.5) is 0 Å². The molecule has 9 heteroatoms. The number of carbonyl (C=O) groups is 1. The number of rotatable bonds is 3. The van der Waals surface area contributed by atoms with E-state index in [0.717, 1.165) is 21.3 Å². The fourth-order valence-corrected chi connectivity index (χ4v) is 6.68. The highest BCUT2D eigenvalue weighted by molar-refractivity contribution is 7.89. The quantitative estimate of drug-likeness (QED) is 0.571. The molecule has 1 amide bonds. The van der Waals surface area contributed by atoms with Crippen LogP contribution in [-0.4, -0.2) is 36.3 Å². The summed E-state index contributed by atoms with van der Waals surface area (Å²) in [6.45, 7) is 4.42. The number of aromatic nitrogens is 1. The molecule has 1 fully saturated rings. The maximum absolute atomic E-state index is 13.0. The number of sulfonamides is 1. The van der Waals surface area contributed by atoms with Crippen LogP contribution in [0.1, 0.15) is 24.0 Å². The number of hydrogen-bond acceptors (Lipinski definition) is 4. The zero-order valence-electron chi connectivity index (χ0n) is 17.6. The predicted octanol–water partition coefficient (Wildman–Crippen LogP) is 4.04. The van der Waals surface area contributed by atoms with E-state index >= 15 is 0 Å². The molecule has 0 saturated carbocycles. The summed E-state index contributed by atoms with van der Waals surface area (Å²) in [5.41, 5.74) is 2.90. The number of nitrogens with zero attached hydrogens (tertiary/aromatic N) is 3. The second-order valence-electron chi connectivity index (χ2n) is 7.93. The normalized spacial score (nSPS) is 18.6. The summed E-state index contributed by atoms with van der Waals surface area (Å²) in [6.07, 6.45) is 1.26. The molecule has 2 aromatic carbocycles. The number of aryl methyl sites for hydroxylation is 3. The highest BCUT2D eigenvalue weighted by Gasteiger charge is 2.33. The molecule has 1 aliphatic rings. The molecular formula is C22H24ClN3O3S2. The first-order chi connectivity index (χ1) is 14.7. The smallest absolute Gasteiger partial charge is 0.252 e. The summed E-state index contributed by atoms with van der Waals surface area (Å²) in [4.78, 5) is 18.2. The number of benzene rings is 2. The lowest BCUT2D eigenvalue weighted by molar-refractivity contribution is -0.122. The lowest BCUT2D eigenvalue weighted by Crippen LogP contribution is -2.42. The summed E-state index contributed by atoms with van der Waals surface area (Å²) in [5.74, 6) is -0.737. The van der Waals surface area contributed by atoms with E-state index in [1.807, 2.05) is 37.6 Å². The highest BCUT2D eigenvalue weighted by Crippen LogP contribution is 2.27. The second-order valence-corrected chi connectivity index (χ2v) is 11.3. The van der Waals surface area contributed by atoms with Crippen LogP contribution in [0.2, 0.25) is 5.02 Å². The lowest BCUT2D eigenvalue weighted by atomic mass is 9.99. The Bertz CT molecular complexity index is 1320. The summed E-state index contributed by atoms with van der Waals surface area (Å²) >= 11 is 7.67. The molecule has 3 aromatic rings. The van der Waals surface area contributed by atoms with Gasteiger partial charge in [0.2, 0.25) is 10.0 Å². The molecule has 0 spiro atoms. The Morgan fingerprint density at radius 2 is 1.87 bits per heavy atom. The Labute approximate surface area is 190 Å². The van der Waals surface area contributed by atoms with Gasteiger partial charge in [0.25, 0.3) is 5.91 Å². The Kier molecular flexibility index (Phi) is 6.09. The van der Waals surface area contributed by atoms with Crippen LogP contribution in [0.15, 0.2) is 46.3 Å². The number of fused-ring (bicyclic) bond motifs is 1. The zero-order chi connectivity index (χ0) is 22.3. The van der Waals surface area contributed by atoms with Crippen molar-refractivity contribution in [2.24, 2.45) is 18.0 Å². The number of carbonyl (C=O) groups excluding carboxylic acids is 1. The fraction of sp³-hybridized carbons (Fsp3) is 0.364. The molecule has 1 aliphatic heterocycles. The number of halogens is 1. The van der Waals surface area contributed by atoms with Gasteiger partial charge in [-0.05, 0) is 56.5 Å². The molecule has 1 saturated heterocycles. The van der Waals surface area contributed by atoms with Crippen molar-refractivity contribution in [2.45, 2.75) is 31.6 Å². The van der Waals surface area contributed by atoms with E-state index in [-0.39, 0.29) is 17.3 Å². The van der Waals surface area contributed by atoms with Crippen molar-refractivity contribution in [3.63, 3.8) is 0 Å². The molecule has 0 bridgehead atoms. The van der Waals surface area contributed by atoms with Crippen molar-refractivity contribution in [1.82, 2.24) is 8.87 Å². The van der Waals surface area contributed by atoms with Crippen molar-refractivity contribution in [3.05, 3.63) is 57.3 Å². The van der Waals surface area contributed by atoms with Gasteiger partial charge in [-0.1, -0.05) is 40.6 Å². The van der Waals surface area contributed by atoms with E-state index in [1.165, 1.54) is 15.6 Å². The topological polar surface area (TPSA) is 71.7 Å². The van der Waals surface area contributed by atoms with Crippen molar-refractivity contribution >= 4 is 49.1 Å². The summed E-state index contributed by atoms with van der Waals surface area (Å²) < 4.78 is 30.4. The summed E-state index contributed by atoms with van der Waals surface area (Å²) in [6, 6.07) is 10.6. The van der Waals surface area contributed by atoms with Gasteiger partial charge in [-0.25, -0.2) is 8.42 Å². The minimum atomic E-state index is -3.63. The number of thiazole rings is 1. The van der Waals surface area contributed by atoms with Gasteiger partial charge in [-0.3, -0.25) is 4.79 Å². The molecule has 0 radical (unpaired) electrons. The van der Waals surface area contributed by atoms with Gasteiger partial charge in [0, 0.05) is 25.2 Å². The average molecular weight is 478 g/mol. The zero-order valence-corrected chi connectivity index (χ0v) is 20.0. The van der Waals surface area contributed by atoms with Crippen molar-refractivity contribution in [2.75, 3.05) is 13.1 Å². The number of amides is 1. The summed E-state index contributed by atoms with van der Waals surface area (Å²) in [7, 11) is -1.77. The van der Waals surface area contributed by atoms with E-state index in [2.05, 4.69) is 4.99 Å². The Balaban J connectivity index is 1.61. The standard InChI is InChI=1S/C22H24ClN3O3S2/c1-14-6-8-17(9-7-14)31(28,29)26-12-4-5-16(13-26)21(27)24-22-25(3)20-15(2)18(23)10-11-19(20)30-22/h6-11,16H,4-5,12-13H2,1-3H3. The molecule has 6 nitrogen and oxygen atoms in total. The van der Waals surface area contributed by atoms with Crippen LogP contribution in [-0.2, 0) is 21.9 Å². The van der Waals surface area contributed by atoms with Crippen LogP contribution in [0.3, 0.4) is 0 Å². The van der Waals surface area contributed by atoms with Crippen LogP contribution >= 0.6 is 22.9 Å². The fourth-order valence-electron chi connectivity index (χ4n) is 3.92. The monoisotopic (exact) mass is 477 g/mol. The molecule has 0 aliphatic carbocycles. The first kappa shape index (κ1) is 22.2. The third kappa shape index (κ3) is 4.22. The molecule has 0 N–H and O–H groups in total. The third-order valence-electron chi connectivity index (χ3n) is 5.75. The third-order valence-corrected chi connectivity index (χ3v) is 9.14. The minimum absolute atomic E-state index is 0.151. The maximum atomic E-state index is 13.0. The predicted molar refractivity (Wildman–Crippen MR) is 124 cm³/mol. The molecule has 4 rings (SSSR count). The van der Waals surface area contributed by atoms with E-state index in [1.54, 1.807) is 24.3 Å². The largest absolute Gasteiger partial charge is 0.319 e. The van der Waals surface area contributed by atoms with Crippen LogP contribution in [0.5, 0.6) is 0 Å². The van der Waals surface area contributed by atoms with Gasteiger partial charge in [0.1, 0.15) is 0 Å². The molecule has 31 heavy (non-hydrogen) atoms. The highest BCUT2D eigenvalue weighted by atomic mass is 35.5. The van der Waals surface area contributed by atoms with E-state index in [0.29, 0.717) is 29.2 Å². The number of hydrogen-bond donors (Lipinski definition) is 0. The average Bonchev–Trinajstić information content (AvgIpc) is 3.07. The van der Waals surface area contributed by atoms with Gasteiger partial charge in [-0.15, -0.1) is 0 Å². The van der Waals surface area contributed by atoms with Gasteiger partial charge >= 0.3 is 0 Å². The second kappa shape index (κ2) is 8.50. The minimum Gasteiger partial charge on any atom is -0.319 e. The molecule has 2 heterocycles. The Morgan fingerprint density at radius 3 is 2.58 bits per heavy atom. The van der Waals surface area contributed by atoms with Gasteiger partial charge in [0.05, 0.1) is 21.0 Å². The van der Waals surface area contributed by atoms with Gasteiger partial charge in [-0.2, -0.15) is 9.30 Å². The Hall–Kier alpha value is -2.00. The van der Waals surface area contributed by atoms with E-state index in [4.69, 9.17) is 11.6 Å². The Morgan fingerprint density at radius 1 is 1.16 bits per heavy atom. The molecule has 1 atom stereocenters. The molecule has 1 aromatic heterocycles. The van der Waals surface area contributed by atoms with Crippen molar-refractivity contribution in [3.8, 4) is 0 Å².